The van der Waals surface area contributed by atoms with Crippen LogP contribution in [0.5, 0.6) is 17.2 Å². The molecule has 2 aromatic rings. The van der Waals surface area contributed by atoms with Crippen molar-refractivity contribution in [1.29, 1.82) is 0 Å². The molecule has 0 saturated carbocycles. The van der Waals surface area contributed by atoms with Gasteiger partial charge in [-0.05, 0) is 36.4 Å². The molecule has 0 aliphatic rings. The number of carbonyl (C=O) groups is 2. The number of carboxylic acids is 1. The van der Waals surface area contributed by atoms with Crippen LogP contribution in [0.1, 0.15) is 18.4 Å². The van der Waals surface area contributed by atoms with E-state index in [9.17, 15) is 14.0 Å². The number of nitrogens with one attached hydrogen (secondary N) is 1. The second-order valence-electron chi connectivity index (χ2n) is 5.79. The molecular formula is C20H22FNO6. The molecule has 0 saturated heterocycles. The molecule has 2 rings (SSSR count). The highest BCUT2D eigenvalue weighted by atomic mass is 19.1. The van der Waals surface area contributed by atoms with Crippen LogP contribution in [0, 0.1) is 5.82 Å². The smallest absolute Gasteiger partial charge is 0.303 e. The van der Waals surface area contributed by atoms with E-state index in [2.05, 4.69) is 5.32 Å². The minimum absolute atomic E-state index is 0.0901. The average molecular weight is 391 g/mol. The molecule has 0 spiro atoms. The number of ether oxygens (including phenoxy) is 3. The van der Waals surface area contributed by atoms with E-state index in [1.165, 1.54) is 31.4 Å². The molecule has 2 aromatic carbocycles. The zero-order valence-electron chi connectivity index (χ0n) is 15.4. The van der Waals surface area contributed by atoms with Crippen molar-refractivity contribution < 1.29 is 33.3 Å². The normalized spacial score (nSPS) is 10.2. The molecule has 1 amide bonds. The number of rotatable bonds is 11. The van der Waals surface area contributed by atoms with Crippen molar-refractivity contribution in [2.75, 3.05) is 20.3 Å². The van der Waals surface area contributed by atoms with Crippen LogP contribution in [0.2, 0.25) is 0 Å². The summed E-state index contributed by atoms with van der Waals surface area (Å²) >= 11 is 0. The third kappa shape index (κ3) is 7.14. The van der Waals surface area contributed by atoms with E-state index < -0.39 is 5.97 Å². The van der Waals surface area contributed by atoms with Crippen molar-refractivity contribution in [2.45, 2.75) is 19.4 Å². The third-order valence-electron chi connectivity index (χ3n) is 3.74. The van der Waals surface area contributed by atoms with Gasteiger partial charge in [-0.2, -0.15) is 0 Å². The molecule has 0 aliphatic heterocycles. The molecule has 0 heterocycles. The van der Waals surface area contributed by atoms with Crippen LogP contribution in [0.4, 0.5) is 4.39 Å². The predicted octanol–water partition coefficient (Wildman–Crippen LogP) is 2.77. The summed E-state index contributed by atoms with van der Waals surface area (Å²) in [7, 11) is 1.53. The van der Waals surface area contributed by atoms with E-state index in [-0.39, 0.29) is 44.3 Å². The summed E-state index contributed by atoms with van der Waals surface area (Å²) in [6, 6.07) is 10.9. The van der Waals surface area contributed by atoms with Crippen molar-refractivity contribution in [2.24, 2.45) is 0 Å². The molecule has 8 heteroatoms. The number of hydrogen-bond acceptors (Lipinski definition) is 5. The Kier molecular flexibility index (Phi) is 8.08. The number of halogens is 1. The maximum Gasteiger partial charge on any atom is 0.303 e. The summed E-state index contributed by atoms with van der Waals surface area (Å²) in [6.45, 7) is 0.661. The zero-order valence-corrected chi connectivity index (χ0v) is 15.4. The maximum absolute atomic E-state index is 12.9. The molecule has 0 unspecified atom stereocenters. The van der Waals surface area contributed by atoms with Crippen molar-refractivity contribution in [3.05, 3.63) is 53.8 Å². The third-order valence-corrected chi connectivity index (χ3v) is 3.74. The van der Waals surface area contributed by atoms with Gasteiger partial charge < -0.3 is 24.6 Å². The Labute approximate surface area is 162 Å². The number of hydrogen-bond donors (Lipinski definition) is 2. The van der Waals surface area contributed by atoms with Gasteiger partial charge >= 0.3 is 5.97 Å². The van der Waals surface area contributed by atoms with Gasteiger partial charge in [0.2, 0.25) is 5.91 Å². The molecule has 2 N–H and O–H groups in total. The summed E-state index contributed by atoms with van der Waals surface area (Å²) in [4.78, 5) is 22.2. The first-order valence-electron chi connectivity index (χ1n) is 8.64. The summed E-state index contributed by atoms with van der Waals surface area (Å²) < 4.78 is 29.3. The minimum atomic E-state index is -1.02. The Morgan fingerprint density at radius 1 is 1.00 bits per heavy atom. The number of carbonyl (C=O) groups excluding carboxylic acids is 1. The molecule has 0 atom stereocenters. The van der Waals surface area contributed by atoms with Crippen molar-refractivity contribution in [1.82, 2.24) is 5.32 Å². The van der Waals surface area contributed by atoms with Crippen LogP contribution in [0.15, 0.2) is 42.5 Å². The van der Waals surface area contributed by atoms with E-state index in [1.54, 1.807) is 18.2 Å². The maximum atomic E-state index is 12.9. The van der Waals surface area contributed by atoms with Crippen molar-refractivity contribution in [3.8, 4) is 17.2 Å². The van der Waals surface area contributed by atoms with E-state index in [0.717, 1.165) is 0 Å². The summed E-state index contributed by atoms with van der Waals surface area (Å²) in [5.41, 5.74) is 0.714. The van der Waals surface area contributed by atoms with Gasteiger partial charge in [0.1, 0.15) is 36.3 Å². The lowest BCUT2D eigenvalue weighted by Crippen LogP contribution is -2.23. The number of methoxy groups -OCH3 is 1. The van der Waals surface area contributed by atoms with Crippen LogP contribution in [-0.4, -0.2) is 37.3 Å². The Bertz CT molecular complexity index is 794. The number of amides is 1. The van der Waals surface area contributed by atoms with Crippen molar-refractivity contribution in [3.63, 3.8) is 0 Å². The zero-order chi connectivity index (χ0) is 20.4. The highest BCUT2D eigenvalue weighted by molar-refractivity contribution is 5.80. The largest absolute Gasteiger partial charge is 0.497 e. The van der Waals surface area contributed by atoms with Gasteiger partial charge in [-0.1, -0.05) is 0 Å². The lowest BCUT2D eigenvalue weighted by atomic mass is 10.2. The quantitative estimate of drug-likeness (QED) is 0.572. The summed E-state index contributed by atoms with van der Waals surface area (Å²) in [6.07, 6.45) is -0.314. The highest BCUT2D eigenvalue weighted by Gasteiger charge is 2.10. The van der Waals surface area contributed by atoms with Gasteiger partial charge in [-0.25, -0.2) is 4.39 Å². The average Bonchev–Trinajstić information content (AvgIpc) is 2.69. The lowest BCUT2D eigenvalue weighted by molar-refractivity contribution is -0.138. The topological polar surface area (TPSA) is 94.1 Å². The molecule has 7 nitrogen and oxygen atoms in total. The number of aliphatic carboxylic acids is 1. The number of benzene rings is 2. The summed E-state index contributed by atoms with van der Waals surface area (Å²) in [5.74, 6) is -0.0823. The lowest BCUT2D eigenvalue weighted by Gasteiger charge is -2.14. The molecule has 0 fully saturated rings. The second-order valence-corrected chi connectivity index (χ2v) is 5.79. The predicted molar refractivity (Wildman–Crippen MR) is 99.1 cm³/mol. The first-order chi connectivity index (χ1) is 13.5. The fourth-order valence-electron chi connectivity index (χ4n) is 2.29. The Balaban J connectivity index is 1.89. The fourth-order valence-corrected chi connectivity index (χ4v) is 2.29. The van der Waals surface area contributed by atoms with Gasteiger partial charge in [0, 0.05) is 24.6 Å². The first kappa shape index (κ1) is 21.0. The number of carboxylic acid groups (broad SMARTS) is 1. The molecular weight excluding hydrogens is 369 g/mol. The van der Waals surface area contributed by atoms with Crippen LogP contribution in [-0.2, 0) is 16.1 Å². The van der Waals surface area contributed by atoms with Gasteiger partial charge in [0.05, 0.1) is 13.5 Å². The SMILES string of the molecule is COc1ccc(CNC(=O)CCC(=O)O)c(OCCOc2ccc(F)cc2)c1. The van der Waals surface area contributed by atoms with Gasteiger partial charge in [0.25, 0.3) is 0 Å². The van der Waals surface area contributed by atoms with Gasteiger partial charge in [-0.3, -0.25) is 9.59 Å². The van der Waals surface area contributed by atoms with Crippen LogP contribution in [0.3, 0.4) is 0 Å². The highest BCUT2D eigenvalue weighted by Crippen LogP contribution is 2.25. The Morgan fingerprint density at radius 2 is 1.68 bits per heavy atom. The monoisotopic (exact) mass is 391 g/mol. The van der Waals surface area contributed by atoms with Crippen molar-refractivity contribution >= 4 is 11.9 Å². The fraction of sp³-hybridized carbons (Fsp3) is 0.300. The molecule has 0 aliphatic carbocycles. The van der Waals surface area contributed by atoms with Crippen LogP contribution in [0.25, 0.3) is 0 Å². The van der Waals surface area contributed by atoms with Gasteiger partial charge in [-0.15, -0.1) is 0 Å². The molecule has 0 aromatic heterocycles. The summed E-state index contributed by atoms with van der Waals surface area (Å²) in [5, 5.41) is 11.3. The molecule has 28 heavy (non-hydrogen) atoms. The minimum Gasteiger partial charge on any atom is -0.497 e. The van der Waals surface area contributed by atoms with E-state index >= 15 is 0 Å². The second kappa shape index (κ2) is 10.8. The molecule has 0 radical (unpaired) electrons. The van der Waals surface area contributed by atoms with E-state index in [1.807, 2.05) is 0 Å². The Morgan fingerprint density at radius 3 is 2.36 bits per heavy atom. The van der Waals surface area contributed by atoms with Crippen LogP contribution >= 0.6 is 0 Å². The first-order valence-corrected chi connectivity index (χ1v) is 8.64. The Hall–Kier alpha value is -3.29. The van der Waals surface area contributed by atoms with Gasteiger partial charge in [0.15, 0.2) is 0 Å². The molecule has 0 bridgehead atoms. The molecule has 150 valence electrons. The standard InChI is InChI=1S/C20H22FNO6/c1-26-17-5-2-14(13-22-19(23)8-9-20(24)25)18(12-17)28-11-10-27-16-6-3-15(21)4-7-16/h2-7,12H,8-11,13H2,1H3,(H,22,23)(H,24,25). The van der Waals surface area contributed by atoms with E-state index in [4.69, 9.17) is 19.3 Å². The van der Waals surface area contributed by atoms with E-state index in [0.29, 0.717) is 22.8 Å². The van der Waals surface area contributed by atoms with Crippen LogP contribution < -0.4 is 19.5 Å².